The molecule has 0 amide bonds. The summed E-state index contributed by atoms with van der Waals surface area (Å²) in [4.78, 5) is 0. The Morgan fingerprint density at radius 2 is 2.06 bits per heavy atom. The minimum atomic E-state index is 0.512. The maximum Gasteiger partial charge on any atom is 0.0256 e. The molecule has 2 fully saturated rings. The van der Waals surface area contributed by atoms with Gasteiger partial charge in [0.2, 0.25) is 0 Å². The maximum absolute atomic E-state index is 3.78. The van der Waals surface area contributed by atoms with Crippen LogP contribution in [0.25, 0.3) is 0 Å². The normalized spacial score (nSPS) is 35.4. The molecule has 0 bridgehead atoms. The van der Waals surface area contributed by atoms with E-state index in [2.05, 4.69) is 54.3 Å². The Labute approximate surface area is 115 Å². The number of hydrogen-bond acceptors (Lipinski definition) is 2. The molecular formula is C16H23NS. The summed E-state index contributed by atoms with van der Waals surface area (Å²) in [7, 11) is 0. The van der Waals surface area contributed by atoms with E-state index in [0.717, 1.165) is 12.0 Å². The van der Waals surface area contributed by atoms with Gasteiger partial charge in [0.15, 0.2) is 0 Å². The molecule has 1 saturated heterocycles. The van der Waals surface area contributed by atoms with E-state index in [1.54, 1.807) is 0 Å². The fraction of sp³-hybridized carbons (Fsp3) is 0.625. The molecule has 1 aromatic rings. The molecule has 1 nitrogen and oxygen atoms in total. The highest BCUT2D eigenvalue weighted by molar-refractivity contribution is 8.00. The predicted molar refractivity (Wildman–Crippen MR) is 80.3 cm³/mol. The largest absolute Gasteiger partial charge is 0.313 e. The van der Waals surface area contributed by atoms with Gasteiger partial charge < -0.3 is 5.32 Å². The van der Waals surface area contributed by atoms with Crippen molar-refractivity contribution in [2.45, 2.75) is 49.3 Å². The number of rotatable bonds is 4. The second-order valence-electron chi connectivity index (χ2n) is 6.06. The summed E-state index contributed by atoms with van der Waals surface area (Å²) < 4.78 is 0.512. The second-order valence-corrected chi connectivity index (χ2v) is 7.74. The van der Waals surface area contributed by atoms with Gasteiger partial charge in [-0.25, -0.2) is 0 Å². The van der Waals surface area contributed by atoms with Gasteiger partial charge in [-0.05, 0) is 49.8 Å². The Morgan fingerprint density at radius 3 is 2.72 bits per heavy atom. The molecule has 1 aliphatic carbocycles. The predicted octanol–water partition coefficient (Wildman–Crippen LogP) is 3.81. The van der Waals surface area contributed by atoms with Crippen molar-refractivity contribution in [3.05, 3.63) is 35.9 Å². The molecule has 0 spiro atoms. The van der Waals surface area contributed by atoms with Crippen LogP contribution < -0.4 is 5.32 Å². The van der Waals surface area contributed by atoms with Gasteiger partial charge in [0.1, 0.15) is 0 Å². The quantitative estimate of drug-likeness (QED) is 0.884. The monoisotopic (exact) mass is 261 g/mol. The lowest BCUT2D eigenvalue weighted by molar-refractivity contribution is 0.283. The first-order valence-electron chi connectivity index (χ1n) is 7.17. The average molecular weight is 261 g/mol. The van der Waals surface area contributed by atoms with E-state index in [4.69, 9.17) is 0 Å². The van der Waals surface area contributed by atoms with E-state index >= 15 is 0 Å². The molecule has 98 valence electrons. The lowest BCUT2D eigenvalue weighted by atomic mass is 9.76. The van der Waals surface area contributed by atoms with Crippen molar-refractivity contribution in [1.82, 2.24) is 5.32 Å². The molecule has 1 aliphatic heterocycles. The molecule has 0 aromatic heterocycles. The van der Waals surface area contributed by atoms with Crippen molar-refractivity contribution in [3.63, 3.8) is 0 Å². The van der Waals surface area contributed by atoms with Gasteiger partial charge in [-0.15, -0.1) is 0 Å². The molecule has 1 heterocycles. The van der Waals surface area contributed by atoms with E-state index in [-0.39, 0.29) is 0 Å². The molecule has 1 saturated carbocycles. The minimum Gasteiger partial charge on any atom is -0.313 e. The highest BCUT2D eigenvalue weighted by Gasteiger charge is 2.34. The number of nitrogens with one attached hydrogen (secondary N) is 1. The van der Waals surface area contributed by atoms with Gasteiger partial charge >= 0.3 is 0 Å². The van der Waals surface area contributed by atoms with Gasteiger partial charge in [-0.1, -0.05) is 30.3 Å². The van der Waals surface area contributed by atoms with Crippen LogP contribution in [0.15, 0.2) is 30.3 Å². The van der Waals surface area contributed by atoms with Crippen molar-refractivity contribution in [1.29, 1.82) is 0 Å². The summed E-state index contributed by atoms with van der Waals surface area (Å²) in [5, 5.41) is 3.78. The summed E-state index contributed by atoms with van der Waals surface area (Å²) in [6.45, 7) is 3.62. The Bertz CT molecular complexity index is 377. The molecule has 2 heteroatoms. The zero-order chi connectivity index (χ0) is 12.4. The lowest BCUT2D eigenvalue weighted by Gasteiger charge is -2.38. The van der Waals surface area contributed by atoms with Crippen molar-refractivity contribution in [2.75, 3.05) is 12.3 Å². The van der Waals surface area contributed by atoms with E-state index in [1.807, 2.05) is 0 Å². The summed E-state index contributed by atoms with van der Waals surface area (Å²) >= 11 is 2.16. The fourth-order valence-electron chi connectivity index (χ4n) is 3.12. The molecule has 1 atom stereocenters. The Morgan fingerprint density at radius 1 is 1.28 bits per heavy atom. The third kappa shape index (κ3) is 2.75. The first kappa shape index (κ1) is 12.6. The summed E-state index contributed by atoms with van der Waals surface area (Å²) in [5.41, 5.74) is 1.53. The second kappa shape index (κ2) is 5.26. The van der Waals surface area contributed by atoms with E-state index < -0.39 is 0 Å². The zero-order valence-electron chi connectivity index (χ0n) is 11.2. The van der Waals surface area contributed by atoms with Crippen molar-refractivity contribution >= 4 is 11.8 Å². The topological polar surface area (TPSA) is 12.0 Å². The summed E-state index contributed by atoms with van der Waals surface area (Å²) in [6, 6.07) is 11.7. The molecule has 3 rings (SSSR count). The standard InChI is InChI=1S/C16H23NS/c1-16(8-5-9-18-16)12-17-15-10-14(11-15)13-6-3-2-4-7-13/h2-4,6-7,14-15,17H,5,8-12H2,1H3. The van der Waals surface area contributed by atoms with Crippen LogP contribution in [-0.4, -0.2) is 23.1 Å². The van der Waals surface area contributed by atoms with E-state index in [9.17, 15) is 0 Å². The minimum absolute atomic E-state index is 0.512. The maximum atomic E-state index is 3.78. The van der Waals surface area contributed by atoms with Gasteiger partial charge in [-0.2, -0.15) is 11.8 Å². The molecule has 1 N–H and O–H groups in total. The highest BCUT2D eigenvalue weighted by Crippen LogP contribution is 2.40. The number of hydrogen-bond donors (Lipinski definition) is 1. The highest BCUT2D eigenvalue weighted by atomic mass is 32.2. The van der Waals surface area contributed by atoms with Crippen LogP contribution in [0.1, 0.15) is 44.1 Å². The van der Waals surface area contributed by atoms with Crippen molar-refractivity contribution in [3.8, 4) is 0 Å². The average Bonchev–Trinajstić information content (AvgIpc) is 2.76. The van der Waals surface area contributed by atoms with E-state index in [1.165, 1.54) is 43.5 Å². The Kier molecular flexibility index (Phi) is 3.67. The van der Waals surface area contributed by atoms with Crippen LogP contribution >= 0.6 is 11.8 Å². The molecule has 18 heavy (non-hydrogen) atoms. The van der Waals surface area contributed by atoms with E-state index in [0.29, 0.717) is 4.75 Å². The molecular weight excluding hydrogens is 238 g/mol. The van der Waals surface area contributed by atoms with Crippen molar-refractivity contribution < 1.29 is 0 Å². The third-order valence-corrected chi connectivity index (χ3v) is 6.01. The SMILES string of the molecule is CC1(CNC2CC(c3ccccc3)C2)CCCS1. The van der Waals surface area contributed by atoms with Crippen molar-refractivity contribution in [2.24, 2.45) is 0 Å². The van der Waals surface area contributed by atoms with Crippen LogP contribution in [0.3, 0.4) is 0 Å². The van der Waals surface area contributed by atoms with Crippen LogP contribution in [0.4, 0.5) is 0 Å². The summed E-state index contributed by atoms with van der Waals surface area (Å²) in [6.07, 6.45) is 5.44. The van der Waals surface area contributed by atoms with Crippen LogP contribution in [-0.2, 0) is 0 Å². The number of thioether (sulfide) groups is 1. The molecule has 1 unspecified atom stereocenters. The zero-order valence-corrected chi connectivity index (χ0v) is 12.0. The number of benzene rings is 1. The smallest absolute Gasteiger partial charge is 0.0256 e. The van der Waals surface area contributed by atoms with Gasteiger partial charge in [0, 0.05) is 17.3 Å². The first-order valence-corrected chi connectivity index (χ1v) is 8.16. The van der Waals surface area contributed by atoms with Gasteiger partial charge in [-0.3, -0.25) is 0 Å². The lowest BCUT2D eigenvalue weighted by Crippen LogP contribution is -2.45. The molecule has 0 radical (unpaired) electrons. The Balaban J connectivity index is 1.43. The molecule has 1 aromatic carbocycles. The van der Waals surface area contributed by atoms with Crippen LogP contribution in [0.2, 0.25) is 0 Å². The first-order chi connectivity index (χ1) is 8.75. The third-order valence-electron chi connectivity index (χ3n) is 4.47. The van der Waals surface area contributed by atoms with Crippen LogP contribution in [0.5, 0.6) is 0 Å². The van der Waals surface area contributed by atoms with Gasteiger partial charge in [0.05, 0.1) is 0 Å². The Hall–Kier alpha value is -0.470. The van der Waals surface area contributed by atoms with Crippen LogP contribution in [0, 0.1) is 0 Å². The molecule has 2 aliphatic rings. The van der Waals surface area contributed by atoms with Gasteiger partial charge in [0.25, 0.3) is 0 Å². The summed E-state index contributed by atoms with van der Waals surface area (Å²) in [5.74, 6) is 2.16. The fourth-order valence-corrected chi connectivity index (χ4v) is 4.37.